The van der Waals surface area contributed by atoms with Gasteiger partial charge in [-0.1, -0.05) is 12.1 Å². The van der Waals surface area contributed by atoms with Crippen molar-refractivity contribution in [1.82, 2.24) is 9.80 Å². The maximum absolute atomic E-state index is 11.2. The smallest absolute Gasteiger partial charge is 0.219 e. The van der Waals surface area contributed by atoms with Crippen LogP contribution in [0.5, 0.6) is 5.75 Å². The average Bonchev–Trinajstić information content (AvgIpc) is 2.52. The number of carbonyl (C=O) groups excluding carboxylic acids is 1. The molecular weight excluding hydrogens is 266 g/mol. The Balaban J connectivity index is 1.67. The second kappa shape index (κ2) is 7.65. The zero-order valence-corrected chi connectivity index (χ0v) is 12.4. The fourth-order valence-corrected chi connectivity index (χ4v) is 2.44. The van der Waals surface area contributed by atoms with E-state index >= 15 is 0 Å². The van der Waals surface area contributed by atoms with Gasteiger partial charge in [-0.05, 0) is 18.6 Å². The second-order valence-electron chi connectivity index (χ2n) is 5.16. The average molecular weight is 287 g/mol. The maximum Gasteiger partial charge on any atom is 0.219 e. The number of piperazine rings is 1. The summed E-state index contributed by atoms with van der Waals surface area (Å²) in [4.78, 5) is 15.5. The number of benzene rings is 1. The van der Waals surface area contributed by atoms with Crippen molar-refractivity contribution in [1.29, 1.82) is 5.26 Å². The monoisotopic (exact) mass is 287 g/mol. The maximum atomic E-state index is 11.2. The normalized spacial score (nSPS) is 15.5. The Morgan fingerprint density at radius 1 is 1.29 bits per heavy atom. The van der Waals surface area contributed by atoms with Crippen molar-refractivity contribution in [2.24, 2.45) is 0 Å². The molecule has 1 aliphatic heterocycles. The summed E-state index contributed by atoms with van der Waals surface area (Å²) in [6.07, 6.45) is 0.917. The summed E-state index contributed by atoms with van der Waals surface area (Å²) in [6, 6.07) is 9.42. The van der Waals surface area contributed by atoms with Crippen LogP contribution >= 0.6 is 0 Å². The van der Waals surface area contributed by atoms with E-state index in [1.165, 1.54) is 0 Å². The highest BCUT2D eigenvalue weighted by molar-refractivity contribution is 5.73. The van der Waals surface area contributed by atoms with Gasteiger partial charge in [0.2, 0.25) is 5.91 Å². The highest BCUT2D eigenvalue weighted by atomic mass is 16.5. The topological polar surface area (TPSA) is 56.6 Å². The Labute approximate surface area is 125 Å². The Morgan fingerprint density at radius 3 is 2.67 bits per heavy atom. The van der Waals surface area contributed by atoms with E-state index in [2.05, 4.69) is 11.0 Å². The van der Waals surface area contributed by atoms with Crippen LogP contribution in [0.4, 0.5) is 0 Å². The molecule has 0 aromatic heterocycles. The van der Waals surface area contributed by atoms with Gasteiger partial charge in [-0.15, -0.1) is 0 Å². The van der Waals surface area contributed by atoms with Gasteiger partial charge in [-0.2, -0.15) is 5.26 Å². The van der Waals surface area contributed by atoms with E-state index in [1.54, 1.807) is 13.0 Å². The summed E-state index contributed by atoms with van der Waals surface area (Å²) in [5.74, 6) is 0.812. The number of carbonyl (C=O) groups is 1. The molecule has 0 unspecified atom stereocenters. The van der Waals surface area contributed by atoms with Crippen LogP contribution in [-0.2, 0) is 4.79 Å². The SMILES string of the molecule is CC(=O)N1CCN(CCCOc2ccccc2C#N)CC1. The summed E-state index contributed by atoms with van der Waals surface area (Å²) in [6.45, 7) is 6.66. The van der Waals surface area contributed by atoms with Crippen molar-refractivity contribution in [2.45, 2.75) is 13.3 Å². The molecule has 21 heavy (non-hydrogen) atoms. The Hall–Kier alpha value is -2.06. The fraction of sp³-hybridized carbons (Fsp3) is 0.500. The van der Waals surface area contributed by atoms with Crippen molar-refractivity contribution < 1.29 is 9.53 Å². The van der Waals surface area contributed by atoms with Gasteiger partial charge >= 0.3 is 0 Å². The van der Waals surface area contributed by atoms with Gasteiger partial charge in [0.1, 0.15) is 11.8 Å². The van der Waals surface area contributed by atoms with E-state index < -0.39 is 0 Å². The van der Waals surface area contributed by atoms with E-state index in [9.17, 15) is 4.79 Å². The molecule has 1 heterocycles. The first kappa shape index (κ1) is 15.3. The van der Waals surface area contributed by atoms with Crippen molar-refractivity contribution in [3.63, 3.8) is 0 Å². The first-order valence-corrected chi connectivity index (χ1v) is 7.30. The summed E-state index contributed by atoms with van der Waals surface area (Å²) in [5, 5.41) is 8.98. The molecule has 1 saturated heterocycles. The van der Waals surface area contributed by atoms with Crippen LogP contribution in [0.2, 0.25) is 0 Å². The molecule has 1 amide bonds. The number of nitrogens with zero attached hydrogens (tertiary/aromatic N) is 3. The molecule has 1 aromatic rings. The van der Waals surface area contributed by atoms with Crippen LogP contribution in [-0.4, -0.2) is 55.0 Å². The van der Waals surface area contributed by atoms with Gasteiger partial charge in [-0.25, -0.2) is 0 Å². The number of ether oxygens (including phenoxy) is 1. The van der Waals surface area contributed by atoms with E-state index in [-0.39, 0.29) is 5.91 Å². The lowest BCUT2D eigenvalue weighted by Crippen LogP contribution is -2.48. The molecule has 0 bridgehead atoms. The highest BCUT2D eigenvalue weighted by Gasteiger charge is 2.17. The lowest BCUT2D eigenvalue weighted by molar-refractivity contribution is -0.130. The van der Waals surface area contributed by atoms with Gasteiger partial charge < -0.3 is 9.64 Å². The molecule has 1 fully saturated rings. The number of hydrogen-bond donors (Lipinski definition) is 0. The van der Waals surface area contributed by atoms with E-state index in [0.717, 1.165) is 39.1 Å². The van der Waals surface area contributed by atoms with E-state index in [0.29, 0.717) is 17.9 Å². The Morgan fingerprint density at radius 2 is 2.00 bits per heavy atom. The second-order valence-corrected chi connectivity index (χ2v) is 5.16. The van der Waals surface area contributed by atoms with Gasteiger partial charge in [0.15, 0.2) is 0 Å². The van der Waals surface area contributed by atoms with Crippen LogP contribution in [0.3, 0.4) is 0 Å². The fourth-order valence-electron chi connectivity index (χ4n) is 2.44. The van der Waals surface area contributed by atoms with Crippen molar-refractivity contribution in [3.8, 4) is 11.8 Å². The summed E-state index contributed by atoms with van der Waals surface area (Å²) >= 11 is 0. The Kier molecular flexibility index (Phi) is 5.59. The quantitative estimate of drug-likeness (QED) is 0.770. The van der Waals surface area contributed by atoms with Crippen LogP contribution < -0.4 is 4.74 Å². The number of nitriles is 1. The van der Waals surface area contributed by atoms with Gasteiger partial charge in [0.25, 0.3) is 0 Å². The molecule has 5 heteroatoms. The van der Waals surface area contributed by atoms with Crippen molar-refractivity contribution in [2.75, 3.05) is 39.3 Å². The number of amides is 1. The van der Waals surface area contributed by atoms with Gasteiger partial charge in [-0.3, -0.25) is 9.69 Å². The van der Waals surface area contributed by atoms with Gasteiger partial charge in [0.05, 0.1) is 12.2 Å². The third-order valence-electron chi connectivity index (χ3n) is 3.70. The Bertz CT molecular complexity index is 516. The van der Waals surface area contributed by atoms with E-state index in [1.807, 2.05) is 23.1 Å². The van der Waals surface area contributed by atoms with Crippen LogP contribution in [0, 0.1) is 11.3 Å². The third kappa shape index (κ3) is 4.47. The molecule has 0 spiro atoms. The zero-order valence-electron chi connectivity index (χ0n) is 12.4. The van der Waals surface area contributed by atoms with Crippen LogP contribution in [0.25, 0.3) is 0 Å². The number of hydrogen-bond acceptors (Lipinski definition) is 4. The molecule has 1 aliphatic rings. The molecule has 1 aromatic carbocycles. The predicted octanol–water partition coefficient (Wildman–Crippen LogP) is 1.49. The number of rotatable bonds is 5. The highest BCUT2D eigenvalue weighted by Crippen LogP contribution is 2.16. The van der Waals surface area contributed by atoms with Crippen LogP contribution in [0.15, 0.2) is 24.3 Å². The predicted molar refractivity (Wildman–Crippen MR) is 80.0 cm³/mol. The molecule has 0 N–H and O–H groups in total. The third-order valence-corrected chi connectivity index (χ3v) is 3.70. The molecule has 2 rings (SSSR count). The lowest BCUT2D eigenvalue weighted by atomic mass is 10.2. The molecule has 5 nitrogen and oxygen atoms in total. The largest absolute Gasteiger partial charge is 0.492 e. The van der Waals surface area contributed by atoms with Crippen molar-refractivity contribution in [3.05, 3.63) is 29.8 Å². The first-order chi connectivity index (χ1) is 10.2. The molecule has 112 valence electrons. The first-order valence-electron chi connectivity index (χ1n) is 7.30. The molecule has 0 radical (unpaired) electrons. The molecule has 0 saturated carbocycles. The minimum atomic E-state index is 0.158. The van der Waals surface area contributed by atoms with Gasteiger partial charge in [0, 0.05) is 39.6 Å². The van der Waals surface area contributed by atoms with Crippen LogP contribution in [0.1, 0.15) is 18.9 Å². The summed E-state index contributed by atoms with van der Waals surface area (Å²) in [7, 11) is 0. The van der Waals surface area contributed by atoms with Crippen molar-refractivity contribution >= 4 is 5.91 Å². The van der Waals surface area contributed by atoms with E-state index in [4.69, 9.17) is 10.00 Å². The molecule has 0 aliphatic carbocycles. The minimum Gasteiger partial charge on any atom is -0.492 e. The lowest BCUT2D eigenvalue weighted by Gasteiger charge is -2.34. The molecule has 0 atom stereocenters. The summed E-state index contributed by atoms with van der Waals surface area (Å²) < 4.78 is 5.66. The summed E-state index contributed by atoms with van der Waals surface area (Å²) in [5.41, 5.74) is 0.576. The number of para-hydroxylation sites is 1. The molecular formula is C16H21N3O2. The minimum absolute atomic E-state index is 0.158. The zero-order chi connectivity index (χ0) is 15.1. The standard InChI is InChI=1S/C16H21N3O2/c1-14(20)19-10-8-18(9-11-19)7-4-12-21-16-6-3-2-5-15(16)13-17/h2-3,5-6H,4,7-12H2,1H3.